The lowest BCUT2D eigenvalue weighted by atomic mass is 10.0. The highest BCUT2D eigenvalue weighted by atomic mass is 79.9. The summed E-state index contributed by atoms with van der Waals surface area (Å²) in [5, 5.41) is 8.52. The first-order valence-corrected chi connectivity index (χ1v) is 8.12. The number of methoxy groups -OCH3 is 1. The molecule has 6 heteroatoms. The van der Waals surface area contributed by atoms with Crippen molar-refractivity contribution in [2.24, 2.45) is 0 Å². The van der Waals surface area contributed by atoms with E-state index in [9.17, 15) is 4.79 Å². The van der Waals surface area contributed by atoms with Crippen molar-refractivity contribution in [3.8, 4) is 5.75 Å². The number of nitrogens with zero attached hydrogens (tertiary/aromatic N) is 2. The Kier molecular flexibility index (Phi) is 4.81. The molecule has 2 aromatic carbocycles. The van der Waals surface area contributed by atoms with Gasteiger partial charge in [0.15, 0.2) is 5.78 Å². The predicted molar refractivity (Wildman–Crippen MR) is 102 cm³/mol. The third-order valence-electron chi connectivity index (χ3n) is 4.68. The zero-order valence-corrected chi connectivity index (χ0v) is 15.7. The molecule has 0 amide bonds. The number of benzene rings is 2. The number of ketones is 1. The van der Waals surface area contributed by atoms with Gasteiger partial charge in [0.1, 0.15) is 5.75 Å². The highest BCUT2D eigenvalue weighted by Crippen LogP contribution is 2.29. The van der Waals surface area contributed by atoms with Crippen LogP contribution in [0, 0.1) is 5.41 Å². The van der Waals surface area contributed by atoms with Crippen molar-refractivity contribution in [3.05, 3.63) is 59.2 Å². The number of hydrogen-bond donors (Lipinski definition) is 1. The number of nitrogens with one attached hydrogen (secondary N) is 1. The number of halogens is 1. The van der Waals surface area contributed by atoms with E-state index in [4.69, 9.17) is 10.1 Å². The summed E-state index contributed by atoms with van der Waals surface area (Å²) < 4.78 is 9.21. The second-order valence-electron chi connectivity index (χ2n) is 6.11. The molecule has 0 saturated carbocycles. The zero-order chi connectivity index (χ0) is 16.7. The van der Waals surface area contributed by atoms with Crippen molar-refractivity contribution >= 4 is 33.8 Å². The van der Waals surface area contributed by atoms with E-state index < -0.39 is 0 Å². The number of aromatic nitrogens is 2. The van der Waals surface area contributed by atoms with E-state index in [1.165, 1.54) is 5.56 Å². The van der Waals surface area contributed by atoms with Gasteiger partial charge in [0.25, 0.3) is 0 Å². The molecule has 1 aliphatic heterocycles. The lowest BCUT2D eigenvalue weighted by Crippen LogP contribution is -2.28. The Bertz CT molecular complexity index is 989. The molecule has 0 bridgehead atoms. The van der Waals surface area contributed by atoms with Crippen LogP contribution < -0.4 is 10.4 Å². The maximum atomic E-state index is 12.6. The summed E-state index contributed by atoms with van der Waals surface area (Å²) in [6.07, 6.45) is 1.98. The van der Waals surface area contributed by atoms with Crippen LogP contribution in [0.3, 0.4) is 0 Å². The second-order valence-corrected chi connectivity index (χ2v) is 6.11. The van der Waals surface area contributed by atoms with Crippen LogP contribution in [-0.4, -0.2) is 22.0 Å². The summed E-state index contributed by atoms with van der Waals surface area (Å²) in [6, 6.07) is 13.2. The van der Waals surface area contributed by atoms with Crippen molar-refractivity contribution in [2.75, 3.05) is 7.11 Å². The third kappa shape index (κ3) is 2.91. The van der Waals surface area contributed by atoms with Gasteiger partial charge < -0.3 is 13.9 Å². The molecular formula is C19H20BrN3O2. The molecule has 0 spiro atoms. The fourth-order valence-electron chi connectivity index (χ4n) is 3.51. The molecule has 3 aromatic rings. The SMILES string of the molecule is Br.COc1cc2c3c(c1)n(CC(=O)c1ccccc1)c(=N)n3CCC2. The first-order valence-electron chi connectivity index (χ1n) is 8.12. The minimum absolute atomic E-state index is 0. The molecule has 1 aliphatic rings. The van der Waals surface area contributed by atoms with Gasteiger partial charge in [-0.15, -0.1) is 17.0 Å². The van der Waals surface area contributed by atoms with E-state index in [-0.39, 0.29) is 29.3 Å². The fourth-order valence-corrected chi connectivity index (χ4v) is 3.51. The summed E-state index contributed by atoms with van der Waals surface area (Å²) >= 11 is 0. The number of ether oxygens (including phenoxy) is 1. The number of carbonyl (C=O) groups is 1. The monoisotopic (exact) mass is 401 g/mol. The Morgan fingerprint density at radius 3 is 2.72 bits per heavy atom. The highest BCUT2D eigenvalue weighted by molar-refractivity contribution is 8.93. The van der Waals surface area contributed by atoms with Gasteiger partial charge in [0.05, 0.1) is 24.7 Å². The smallest absolute Gasteiger partial charge is 0.203 e. The molecule has 0 radical (unpaired) electrons. The van der Waals surface area contributed by atoms with Crippen LogP contribution in [0.2, 0.25) is 0 Å². The van der Waals surface area contributed by atoms with Gasteiger partial charge in [-0.2, -0.15) is 0 Å². The number of aryl methyl sites for hydroxylation is 2. The average molecular weight is 402 g/mol. The summed E-state index contributed by atoms with van der Waals surface area (Å²) in [5.41, 5.74) is 4.20. The Labute approximate surface area is 156 Å². The summed E-state index contributed by atoms with van der Waals surface area (Å²) in [5.74, 6) is 0.786. The van der Waals surface area contributed by atoms with Crippen LogP contribution in [0.4, 0.5) is 0 Å². The van der Waals surface area contributed by atoms with Crippen LogP contribution in [0.1, 0.15) is 22.3 Å². The lowest BCUT2D eigenvalue weighted by molar-refractivity contribution is 0.0971. The van der Waals surface area contributed by atoms with Gasteiger partial charge in [-0.1, -0.05) is 30.3 Å². The Balaban J connectivity index is 0.00000182. The van der Waals surface area contributed by atoms with E-state index in [1.807, 2.05) is 47.0 Å². The standard InChI is InChI=1S/C19H19N3O2.BrH/c1-24-15-10-14-8-5-9-21-18(14)16(11-15)22(19(21)20)12-17(23)13-6-3-2-4-7-13;/h2-4,6-7,10-11,20H,5,8-9,12H2,1H3;1H. The first kappa shape index (κ1) is 17.5. The molecule has 1 N–H and O–H groups in total. The molecule has 0 saturated heterocycles. The topological polar surface area (TPSA) is 60.0 Å². The summed E-state index contributed by atoms with van der Waals surface area (Å²) in [4.78, 5) is 12.6. The number of imidazole rings is 1. The molecular weight excluding hydrogens is 382 g/mol. The van der Waals surface area contributed by atoms with Gasteiger partial charge in [0, 0.05) is 18.2 Å². The van der Waals surface area contributed by atoms with Crippen LogP contribution in [0.25, 0.3) is 11.0 Å². The number of hydrogen-bond acceptors (Lipinski definition) is 3. The molecule has 0 atom stereocenters. The number of carbonyl (C=O) groups excluding carboxylic acids is 1. The Morgan fingerprint density at radius 1 is 1.24 bits per heavy atom. The number of Topliss-reactive ketones (excluding diaryl/α,β-unsaturated/α-hetero) is 1. The van der Waals surface area contributed by atoms with Crippen molar-refractivity contribution in [1.29, 1.82) is 5.41 Å². The molecule has 0 aliphatic carbocycles. The number of rotatable bonds is 4. The van der Waals surface area contributed by atoms with E-state index in [0.29, 0.717) is 11.2 Å². The minimum atomic E-state index is 0. The molecule has 0 fully saturated rings. The Morgan fingerprint density at radius 2 is 2.00 bits per heavy atom. The van der Waals surface area contributed by atoms with Crippen LogP contribution in [0.5, 0.6) is 5.75 Å². The van der Waals surface area contributed by atoms with Gasteiger partial charge in [-0.05, 0) is 24.5 Å². The van der Waals surface area contributed by atoms with Crippen molar-refractivity contribution in [2.45, 2.75) is 25.9 Å². The van der Waals surface area contributed by atoms with Crippen LogP contribution in [-0.2, 0) is 19.5 Å². The zero-order valence-electron chi connectivity index (χ0n) is 14.0. The maximum Gasteiger partial charge on any atom is 0.203 e. The molecule has 0 unspecified atom stereocenters. The molecule has 130 valence electrons. The Hall–Kier alpha value is -2.34. The summed E-state index contributed by atoms with van der Waals surface area (Å²) in [6.45, 7) is 0.986. The van der Waals surface area contributed by atoms with E-state index >= 15 is 0 Å². The van der Waals surface area contributed by atoms with E-state index in [1.54, 1.807) is 11.7 Å². The highest BCUT2D eigenvalue weighted by Gasteiger charge is 2.21. The van der Waals surface area contributed by atoms with Gasteiger partial charge in [-0.25, -0.2) is 0 Å². The summed E-state index contributed by atoms with van der Waals surface area (Å²) in [7, 11) is 1.65. The van der Waals surface area contributed by atoms with E-state index in [0.717, 1.165) is 36.2 Å². The predicted octanol–water partition coefficient (Wildman–Crippen LogP) is 3.34. The van der Waals surface area contributed by atoms with Crippen molar-refractivity contribution < 1.29 is 9.53 Å². The van der Waals surface area contributed by atoms with Crippen molar-refractivity contribution in [3.63, 3.8) is 0 Å². The molecule has 5 nitrogen and oxygen atoms in total. The molecule has 2 heterocycles. The van der Waals surface area contributed by atoms with Gasteiger partial charge in [0.2, 0.25) is 5.62 Å². The normalized spacial score (nSPS) is 12.7. The molecule has 1 aromatic heterocycles. The first-order chi connectivity index (χ1) is 11.7. The fraction of sp³-hybridized carbons (Fsp3) is 0.263. The molecule has 4 rings (SSSR count). The van der Waals surface area contributed by atoms with Gasteiger partial charge >= 0.3 is 0 Å². The minimum Gasteiger partial charge on any atom is -0.497 e. The maximum absolute atomic E-state index is 12.6. The third-order valence-corrected chi connectivity index (χ3v) is 4.68. The van der Waals surface area contributed by atoms with Gasteiger partial charge in [-0.3, -0.25) is 10.2 Å². The second kappa shape index (κ2) is 6.88. The van der Waals surface area contributed by atoms with E-state index in [2.05, 4.69) is 0 Å². The largest absolute Gasteiger partial charge is 0.497 e. The van der Waals surface area contributed by atoms with Crippen LogP contribution in [0.15, 0.2) is 42.5 Å². The van der Waals surface area contributed by atoms with Crippen LogP contribution >= 0.6 is 17.0 Å². The molecule has 25 heavy (non-hydrogen) atoms. The van der Waals surface area contributed by atoms with Crippen molar-refractivity contribution in [1.82, 2.24) is 9.13 Å². The lowest BCUT2D eigenvalue weighted by Gasteiger charge is -2.15. The quantitative estimate of drug-likeness (QED) is 0.681. The average Bonchev–Trinajstić information content (AvgIpc) is 2.89.